The SMILES string of the molecule is CC[C@H](OC1CCCC1)C(=O)NC1CC(N(CC)CC(=O)O)C1. The van der Waals surface area contributed by atoms with Crippen LogP contribution in [0.5, 0.6) is 0 Å². The van der Waals surface area contributed by atoms with Crippen molar-refractivity contribution in [3.05, 3.63) is 0 Å². The molecular formula is C17H30N2O4. The van der Waals surface area contributed by atoms with Crippen molar-refractivity contribution in [2.24, 2.45) is 0 Å². The molecular weight excluding hydrogens is 296 g/mol. The van der Waals surface area contributed by atoms with Crippen LogP contribution >= 0.6 is 0 Å². The Kier molecular flexibility index (Phi) is 6.84. The molecule has 0 saturated heterocycles. The van der Waals surface area contributed by atoms with Gasteiger partial charge in [0.25, 0.3) is 0 Å². The first kappa shape index (κ1) is 18.2. The molecule has 1 amide bonds. The number of ether oxygens (including phenoxy) is 1. The van der Waals surface area contributed by atoms with Gasteiger partial charge in [0, 0.05) is 12.1 Å². The monoisotopic (exact) mass is 326 g/mol. The molecule has 0 spiro atoms. The summed E-state index contributed by atoms with van der Waals surface area (Å²) >= 11 is 0. The van der Waals surface area contributed by atoms with E-state index in [0.717, 1.165) is 32.2 Å². The van der Waals surface area contributed by atoms with Gasteiger partial charge in [-0.15, -0.1) is 0 Å². The highest BCUT2D eigenvalue weighted by Crippen LogP contribution is 2.27. The Bertz CT molecular complexity index is 403. The van der Waals surface area contributed by atoms with Gasteiger partial charge in [-0.2, -0.15) is 0 Å². The smallest absolute Gasteiger partial charge is 0.317 e. The molecule has 2 fully saturated rings. The molecule has 2 aliphatic carbocycles. The molecule has 0 unspecified atom stereocenters. The van der Waals surface area contributed by atoms with E-state index in [2.05, 4.69) is 5.32 Å². The third-order valence-electron chi connectivity index (χ3n) is 5.04. The Morgan fingerprint density at radius 3 is 2.43 bits per heavy atom. The van der Waals surface area contributed by atoms with E-state index in [1.165, 1.54) is 12.8 Å². The zero-order chi connectivity index (χ0) is 16.8. The van der Waals surface area contributed by atoms with Crippen molar-refractivity contribution >= 4 is 11.9 Å². The first-order valence-corrected chi connectivity index (χ1v) is 8.95. The molecule has 23 heavy (non-hydrogen) atoms. The van der Waals surface area contributed by atoms with Gasteiger partial charge in [0.1, 0.15) is 6.10 Å². The van der Waals surface area contributed by atoms with Crippen LogP contribution in [0.3, 0.4) is 0 Å². The number of hydrogen-bond donors (Lipinski definition) is 2. The number of nitrogens with one attached hydrogen (secondary N) is 1. The number of rotatable bonds is 9. The molecule has 0 bridgehead atoms. The Balaban J connectivity index is 1.72. The van der Waals surface area contributed by atoms with E-state index in [9.17, 15) is 9.59 Å². The first-order chi connectivity index (χ1) is 11.0. The molecule has 0 heterocycles. The second kappa shape index (κ2) is 8.64. The predicted octanol–water partition coefficient (Wildman–Crippen LogP) is 1.78. The van der Waals surface area contributed by atoms with Gasteiger partial charge in [-0.3, -0.25) is 14.5 Å². The molecule has 1 atom stereocenters. The van der Waals surface area contributed by atoms with E-state index in [1.54, 1.807) is 0 Å². The third kappa shape index (κ3) is 5.18. The minimum atomic E-state index is -0.796. The van der Waals surface area contributed by atoms with Crippen LogP contribution in [0.2, 0.25) is 0 Å². The van der Waals surface area contributed by atoms with Crippen LogP contribution in [0.1, 0.15) is 58.8 Å². The van der Waals surface area contributed by atoms with Gasteiger partial charge in [0.05, 0.1) is 12.6 Å². The summed E-state index contributed by atoms with van der Waals surface area (Å²) in [5.74, 6) is -0.806. The van der Waals surface area contributed by atoms with Gasteiger partial charge in [0.2, 0.25) is 5.91 Å². The highest BCUT2D eigenvalue weighted by Gasteiger charge is 2.36. The molecule has 6 nitrogen and oxygen atoms in total. The van der Waals surface area contributed by atoms with Gasteiger partial charge in [0.15, 0.2) is 0 Å². The zero-order valence-corrected chi connectivity index (χ0v) is 14.3. The van der Waals surface area contributed by atoms with Crippen molar-refractivity contribution in [3.63, 3.8) is 0 Å². The summed E-state index contributed by atoms with van der Waals surface area (Å²) in [6, 6.07) is 0.411. The van der Waals surface area contributed by atoms with Crippen molar-refractivity contribution in [2.45, 2.75) is 83.1 Å². The highest BCUT2D eigenvalue weighted by molar-refractivity contribution is 5.81. The number of carboxylic acid groups (broad SMARTS) is 1. The van der Waals surface area contributed by atoms with Crippen LogP contribution in [0, 0.1) is 0 Å². The fourth-order valence-corrected chi connectivity index (χ4v) is 3.57. The average molecular weight is 326 g/mol. The Morgan fingerprint density at radius 2 is 1.91 bits per heavy atom. The maximum absolute atomic E-state index is 12.3. The minimum Gasteiger partial charge on any atom is -0.480 e. The summed E-state index contributed by atoms with van der Waals surface area (Å²) in [7, 11) is 0. The van der Waals surface area contributed by atoms with Crippen molar-refractivity contribution in [1.29, 1.82) is 0 Å². The molecule has 2 N–H and O–H groups in total. The summed E-state index contributed by atoms with van der Waals surface area (Å²) in [5, 5.41) is 12.0. The summed E-state index contributed by atoms with van der Waals surface area (Å²) in [6.45, 7) is 4.75. The predicted molar refractivity (Wildman–Crippen MR) is 87.3 cm³/mol. The molecule has 2 aliphatic rings. The topological polar surface area (TPSA) is 78.9 Å². The van der Waals surface area contributed by atoms with E-state index in [1.807, 2.05) is 18.7 Å². The summed E-state index contributed by atoms with van der Waals surface area (Å²) in [6.07, 6.45) is 6.76. The van der Waals surface area contributed by atoms with E-state index in [4.69, 9.17) is 9.84 Å². The maximum atomic E-state index is 12.3. The van der Waals surface area contributed by atoms with Crippen LogP contribution in [0.25, 0.3) is 0 Å². The van der Waals surface area contributed by atoms with Gasteiger partial charge in [-0.1, -0.05) is 26.7 Å². The van der Waals surface area contributed by atoms with E-state index in [-0.39, 0.29) is 36.7 Å². The summed E-state index contributed by atoms with van der Waals surface area (Å²) in [5.41, 5.74) is 0. The van der Waals surface area contributed by atoms with Crippen LogP contribution < -0.4 is 5.32 Å². The lowest BCUT2D eigenvalue weighted by Crippen LogP contribution is -2.56. The van der Waals surface area contributed by atoms with Crippen LogP contribution in [-0.4, -0.2) is 59.3 Å². The molecule has 6 heteroatoms. The number of likely N-dealkylation sites (N-methyl/N-ethyl adjacent to an activating group) is 1. The van der Waals surface area contributed by atoms with Gasteiger partial charge in [-0.25, -0.2) is 0 Å². The van der Waals surface area contributed by atoms with E-state index in [0.29, 0.717) is 6.42 Å². The molecule has 0 aromatic heterocycles. The molecule has 0 aromatic carbocycles. The maximum Gasteiger partial charge on any atom is 0.317 e. The number of amides is 1. The number of carbonyl (C=O) groups is 2. The fourth-order valence-electron chi connectivity index (χ4n) is 3.57. The standard InChI is InChI=1S/C17H30N2O4/c1-3-15(23-14-7-5-6-8-14)17(22)18-12-9-13(10-12)19(4-2)11-16(20)21/h12-15H,3-11H2,1-2H3,(H,18,22)(H,20,21)/t12?,13?,15-/m0/s1. The minimum absolute atomic E-state index is 0.0101. The zero-order valence-electron chi connectivity index (χ0n) is 14.3. The number of nitrogens with zero attached hydrogens (tertiary/aromatic N) is 1. The number of aliphatic carboxylic acids is 1. The Hall–Kier alpha value is -1.14. The lowest BCUT2D eigenvalue weighted by Gasteiger charge is -2.42. The second-order valence-electron chi connectivity index (χ2n) is 6.73. The summed E-state index contributed by atoms with van der Waals surface area (Å²) in [4.78, 5) is 25.1. The first-order valence-electron chi connectivity index (χ1n) is 8.95. The normalized spacial score (nSPS) is 26.0. The van der Waals surface area contributed by atoms with Crippen LogP contribution in [0.4, 0.5) is 0 Å². The molecule has 0 aromatic rings. The van der Waals surface area contributed by atoms with E-state index >= 15 is 0 Å². The largest absolute Gasteiger partial charge is 0.480 e. The Morgan fingerprint density at radius 1 is 1.26 bits per heavy atom. The van der Waals surface area contributed by atoms with Crippen LogP contribution in [-0.2, 0) is 14.3 Å². The van der Waals surface area contributed by atoms with Crippen molar-refractivity contribution < 1.29 is 19.4 Å². The molecule has 2 saturated carbocycles. The molecule has 2 rings (SSSR count). The molecule has 0 radical (unpaired) electrons. The number of carbonyl (C=O) groups excluding carboxylic acids is 1. The average Bonchev–Trinajstić information content (AvgIpc) is 2.98. The van der Waals surface area contributed by atoms with Gasteiger partial charge < -0.3 is 15.2 Å². The lowest BCUT2D eigenvalue weighted by molar-refractivity contribution is -0.141. The lowest BCUT2D eigenvalue weighted by atomic mass is 9.85. The van der Waals surface area contributed by atoms with Crippen molar-refractivity contribution in [1.82, 2.24) is 10.2 Å². The number of carboxylic acids is 1. The van der Waals surface area contributed by atoms with E-state index < -0.39 is 5.97 Å². The van der Waals surface area contributed by atoms with Gasteiger partial charge in [-0.05, 0) is 38.6 Å². The van der Waals surface area contributed by atoms with Crippen molar-refractivity contribution in [3.8, 4) is 0 Å². The van der Waals surface area contributed by atoms with Crippen molar-refractivity contribution in [2.75, 3.05) is 13.1 Å². The third-order valence-corrected chi connectivity index (χ3v) is 5.04. The number of hydrogen-bond acceptors (Lipinski definition) is 4. The molecule has 0 aliphatic heterocycles. The highest BCUT2D eigenvalue weighted by atomic mass is 16.5. The molecule has 132 valence electrons. The second-order valence-corrected chi connectivity index (χ2v) is 6.73. The summed E-state index contributed by atoms with van der Waals surface area (Å²) < 4.78 is 5.94. The Labute approximate surface area is 138 Å². The quantitative estimate of drug-likeness (QED) is 0.675. The van der Waals surface area contributed by atoms with Crippen LogP contribution in [0.15, 0.2) is 0 Å². The fraction of sp³-hybridized carbons (Fsp3) is 0.882. The van der Waals surface area contributed by atoms with Gasteiger partial charge >= 0.3 is 5.97 Å².